The molecule has 1 heterocycles. The van der Waals surface area contributed by atoms with Gasteiger partial charge in [-0.15, -0.1) is 5.10 Å². The summed E-state index contributed by atoms with van der Waals surface area (Å²) in [6.07, 6.45) is 2.88. The van der Waals surface area contributed by atoms with Crippen molar-refractivity contribution in [2.45, 2.75) is 26.3 Å². The quantitative estimate of drug-likeness (QED) is 0.841. The third kappa shape index (κ3) is 3.36. The van der Waals surface area contributed by atoms with Crippen molar-refractivity contribution in [3.63, 3.8) is 0 Å². The van der Waals surface area contributed by atoms with Gasteiger partial charge in [0.25, 0.3) is 0 Å². The zero-order valence-electron chi connectivity index (χ0n) is 12.3. The minimum absolute atomic E-state index is 0.0790. The smallest absolute Gasteiger partial charge is 0.119 e. The Morgan fingerprint density at radius 2 is 2.20 bits per heavy atom. The van der Waals surface area contributed by atoms with Crippen LogP contribution in [0.15, 0.2) is 30.5 Å². The normalized spacial score (nSPS) is 12.3. The van der Waals surface area contributed by atoms with Gasteiger partial charge in [0, 0.05) is 7.05 Å². The molecule has 0 amide bonds. The Bertz CT molecular complexity index is 538. The van der Waals surface area contributed by atoms with Crippen molar-refractivity contribution in [1.82, 2.24) is 20.3 Å². The Morgan fingerprint density at radius 1 is 1.35 bits per heavy atom. The van der Waals surface area contributed by atoms with Gasteiger partial charge in [0.05, 0.1) is 24.5 Å². The van der Waals surface area contributed by atoms with E-state index in [4.69, 9.17) is 4.74 Å². The number of aromatic nitrogens is 3. The highest BCUT2D eigenvalue weighted by Crippen LogP contribution is 2.24. The lowest BCUT2D eigenvalue weighted by atomic mass is 10.0. The number of nitrogens with one attached hydrogen (secondary N) is 1. The van der Waals surface area contributed by atoms with Gasteiger partial charge in [-0.25, -0.2) is 0 Å². The van der Waals surface area contributed by atoms with Gasteiger partial charge < -0.3 is 10.1 Å². The molecule has 0 fully saturated rings. The highest BCUT2D eigenvalue weighted by atomic mass is 16.5. The molecular weight excluding hydrogens is 252 g/mol. The van der Waals surface area contributed by atoms with E-state index >= 15 is 0 Å². The Labute approximate surface area is 120 Å². The monoisotopic (exact) mass is 274 g/mol. The van der Waals surface area contributed by atoms with Crippen LogP contribution in [0.2, 0.25) is 0 Å². The fraction of sp³-hybridized carbons (Fsp3) is 0.467. The van der Waals surface area contributed by atoms with Crippen LogP contribution in [0, 0.1) is 0 Å². The molecule has 0 bridgehead atoms. The standard InChI is InChI=1S/C15H22N4O/c1-4-9-16-15(14-11-17-18-19(14)3)12-7-6-8-13(10-12)20-5-2/h6-8,10-11,15-16H,4-5,9H2,1-3H3. The van der Waals surface area contributed by atoms with Gasteiger partial charge in [0.2, 0.25) is 0 Å². The molecule has 1 aromatic carbocycles. The Morgan fingerprint density at radius 3 is 2.85 bits per heavy atom. The zero-order valence-corrected chi connectivity index (χ0v) is 12.3. The Hall–Kier alpha value is -1.88. The first kappa shape index (κ1) is 14.5. The average Bonchev–Trinajstić information content (AvgIpc) is 2.87. The molecule has 0 saturated heterocycles. The molecule has 1 atom stereocenters. The van der Waals surface area contributed by atoms with Crippen LogP contribution in [-0.4, -0.2) is 28.1 Å². The molecule has 0 radical (unpaired) electrons. The maximum Gasteiger partial charge on any atom is 0.119 e. The maximum absolute atomic E-state index is 5.58. The largest absolute Gasteiger partial charge is 0.494 e. The van der Waals surface area contributed by atoms with Crippen LogP contribution in [-0.2, 0) is 7.05 Å². The molecule has 2 rings (SSSR count). The summed E-state index contributed by atoms with van der Waals surface area (Å²) >= 11 is 0. The summed E-state index contributed by atoms with van der Waals surface area (Å²) in [4.78, 5) is 0. The fourth-order valence-electron chi connectivity index (χ4n) is 2.19. The second kappa shape index (κ2) is 7.05. The molecule has 0 aliphatic heterocycles. The molecule has 108 valence electrons. The molecule has 2 aromatic rings. The van der Waals surface area contributed by atoms with E-state index in [1.165, 1.54) is 0 Å². The average molecular weight is 274 g/mol. The van der Waals surface area contributed by atoms with Crippen molar-refractivity contribution in [1.29, 1.82) is 0 Å². The highest BCUT2D eigenvalue weighted by molar-refractivity contribution is 5.34. The third-order valence-electron chi connectivity index (χ3n) is 3.15. The van der Waals surface area contributed by atoms with Gasteiger partial charge in [-0.05, 0) is 37.6 Å². The lowest BCUT2D eigenvalue weighted by molar-refractivity contribution is 0.339. The first-order valence-electron chi connectivity index (χ1n) is 7.07. The van der Waals surface area contributed by atoms with Gasteiger partial charge in [-0.2, -0.15) is 0 Å². The number of benzene rings is 1. The van der Waals surface area contributed by atoms with E-state index in [1.54, 1.807) is 10.9 Å². The van der Waals surface area contributed by atoms with E-state index in [9.17, 15) is 0 Å². The van der Waals surface area contributed by atoms with Crippen molar-refractivity contribution < 1.29 is 4.74 Å². The van der Waals surface area contributed by atoms with Gasteiger partial charge >= 0.3 is 0 Å². The van der Waals surface area contributed by atoms with Crippen molar-refractivity contribution in [2.24, 2.45) is 7.05 Å². The summed E-state index contributed by atoms with van der Waals surface area (Å²) in [5.41, 5.74) is 2.21. The van der Waals surface area contributed by atoms with Crippen molar-refractivity contribution in [3.8, 4) is 5.75 Å². The number of ether oxygens (including phenoxy) is 1. The summed E-state index contributed by atoms with van der Waals surface area (Å²) in [6.45, 7) is 5.76. The summed E-state index contributed by atoms with van der Waals surface area (Å²) in [5.74, 6) is 0.892. The first-order chi connectivity index (χ1) is 9.76. The Balaban J connectivity index is 2.31. The molecule has 0 spiro atoms. The van der Waals surface area contributed by atoms with Crippen LogP contribution in [0.4, 0.5) is 0 Å². The molecule has 0 aliphatic carbocycles. The van der Waals surface area contributed by atoms with E-state index in [2.05, 4.69) is 34.7 Å². The minimum atomic E-state index is 0.0790. The van der Waals surface area contributed by atoms with E-state index in [0.717, 1.165) is 30.0 Å². The zero-order chi connectivity index (χ0) is 14.4. The molecule has 5 nitrogen and oxygen atoms in total. The molecular formula is C15H22N4O. The number of hydrogen-bond donors (Lipinski definition) is 1. The molecule has 0 saturated carbocycles. The number of hydrogen-bond acceptors (Lipinski definition) is 4. The molecule has 5 heteroatoms. The van der Waals surface area contributed by atoms with Crippen LogP contribution in [0.25, 0.3) is 0 Å². The van der Waals surface area contributed by atoms with Crippen molar-refractivity contribution >= 4 is 0 Å². The van der Waals surface area contributed by atoms with Gasteiger partial charge in [0.15, 0.2) is 0 Å². The predicted molar refractivity (Wildman–Crippen MR) is 78.8 cm³/mol. The molecule has 20 heavy (non-hydrogen) atoms. The highest BCUT2D eigenvalue weighted by Gasteiger charge is 2.17. The van der Waals surface area contributed by atoms with Crippen LogP contribution < -0.4 is 10.1 Å². The number of rotatable bonds is 7. The van der Waals surface area contributed by atoms with Crippen molar-refractivity contribution in [2.75, 3.05) is 13.2 Å². The van der Waals surface area contributed by atoms with Crippen molar-refractivity contribution in [3.05, 3.63) is 41.7 Å². The summed E-state index contributed by atoms with van der Waals surface area (Å²) in [7, 11) is 1.91. The van der Waals surface area contributed by atoms with Crippen LogP contribution >= 0.6 is 0 Å². The summed E-state index contributed by atoms with van der Waals surface area (Å²) in [5, 5.41) is 11.5. The van der Waals surface area contributed by atoms with Crippen LogP contribution in [0.5, 0.6) is 5.75 Å². The van der Waals surface area contributed by atoms with Gasteiger partial charge in [0.1, 0.15) is 5.75 Å². The second-order valence-electron chi connectivity index (χ2n) is 4.68. The third-order valence-corrected chi connectivity index (χ3v) is 3.15. The van der Waals surface area contributed by atoms with Gasteiger partial charge in [-0.1, -0.05) is 24.3 Å². The predicted octanol–water partition coefficient (Wildman–Crippen LogP) is 2.30. The minimum Gasteiger partial charge on any atom is -0.494 e. The SMILES string of the molecule is CCCNC(c1cccc(OCC)c1)c1cnnn1C. The van der Waals surface area contributed by atoms with Gasteiger partial charge in [-0.3, -0.25) is 4.68 Å². The molecule has 0 aliphatic rings. The molecule has 1 N–H and O–H groups in total. The van der Waals surface area contributed by atoms with E-state index < -0.39 is 0 Å². The number of nitrogens with zero attached hydrogens (tertiary/aromatic N) is 3. The lowest BCUT2D eigenvalue weighted by Gasteiger charge is -2.19. The van der Waals surface area contributed by atoms with E-state index in [-0.39, 0.29) is 6.04 Å². The summed E-state index contributed by atoms with van der Waals surface area (Å²) in [6, 6.07) is 8.25. The number of aryl methyl sites for hydroxylation is 1. The molecule has 1 unspecified atom stereocenters. The fourth-order valence-corrected chi connectivity index (χ4v) is 2.19. The maximum atomic E-state index is 5.58. The molecule has 1 aromatic heterocycles. The van der Waals surface area contributed by atoms with E-state index in [0.29, 0.717) is 6.61 Å². The Kier molecular flexibility index (Phi) is 5.12. The summed E-state index contributed by atoms with van der Waals surface area (Å²) < 4.78 is 7.39. The van der Waals surface area contributed by atoms with Crippen LogP contribution in [0.3, 0.4) is 0 Å². The van der Waals surface area contributed by atoms with E-state index in [1.807, 2.05) is 26.1 Å². The lowest BCUT2D eigenvalue weighted by Crippen LogP contribution is -2.25. The van der Waals surface area contributed by atoms with Crippen LogP contribution in [0.1, 0.15) is 37.6 Å². The second-order valence-corrected chi connectivity index (χ2v) is 4.68. The first-order valence-corrected chi connectivity index (χ1v) is 7.07. The topological polar surface area (TPSA) is 52.0 Å².